The number of hydrogen-bond acceptors (Lipinski definition) is 5. The lowest BCUT2D eigenvalue weighted by Crippen LogP contribution is -2.29. The normalized spacial score (nSPS) is 11.0. The van der Waals surface area contributed by atoms with Crippen LogP contribution < -0.4 is 20.3 Å². The van der Waals surface area contributed by atoms with Gasteiger partial charge in [0.15, 0.2) is 0 Å². The van der Waals surface area contributed by atoms with Crippen LogP contribution in [0.15, 0.2) is 76.1 Å². The van der Waals surface area contributed by atoms with Gasteiger partial charge in [0, 0.05) is 34.3 Å². The van der Waals surface area contributed by atoms with E-state index in [0.29, 0.717) is 42.6 Å². The molecule has 0 radical (unpaired) electrons. The van der Waals surface area contributed by atoms with E-state index in [4.69, 9.17) is 21.1 Å². The first-order valence-electron chi connectivity index (χ1n) is 10.4. The number of methoxy groups -OCH3 is 1. The second-order valence-corrected chi connectivity index (χ2v) is 8.77. The van der Waals surface area contributed by atoms with Crippen LogP contribution in [-0.2, 0) is 19.6 Å². The zero-order valence-corrected chi connectivity index (χ0v) is 20.4. The standard InChI is InChI=1S/C25H23BrClN3O3/c1-32-22-4-6-23(7-5-22)33-11-10-30-24-14-20(27)3-2-17(24)12-18(25(30)31)15-28-16-21-13-19(26)8-9-29-21/h2-9,12-14,28H,10-11,15-16H2,1H3. The molecule has 2 heterocycles. The number of fused-ring (bicyclic) bond motifs is 1. The van der Waals surface area contributed by atoms with E-state index in [1.807, 2.05) is 60.7 Å². The first-order chi connectivity index (χ1) is 16.0. The number of hydrogen-bond donors (Lipinski definition) is 1. The Labute approximate surface area is 205 Å². The van der Waals surface area contributed by atoms with Gasteiger partial charge in [0.2, 0.25) is 0 Å². The van der Waals surface area contributed by atoms with Crippen molar-refractivity contribution in [1.82, 2.24) is 14.9 Å². The third kappa shape index (κ3) is 5.93. The fourth-order valence-electron chi connectivity index (χ4n) is 3.55. The number of aromatic nitrogens is 2. The molecule has 33 heavy (non-hydrogen) atoms. The minimum absolute atomic E-state index is 0.0715. The maximum atomic E-state index is 13.3. The molecule has 0 saturated heterocycles. The zero-order chi connectivity index (χ0) is 23.2. The van der Waals surface area contributed by atoms with E-state index in [1.54, 1.807) is 17.9 Å². The molecule has 2 aromatic carbocycles. The van der Waals surface area contributed by atoms with Gasteiger partial charge >= 0.3 is 0 Å². The molecule has 4 rings (SSSR count). The molecular weight excluding hydrogens is 506 g/mol. The summed E-state index contributed by atoms with van der Waals surface area (Å²) in [6.07, 6.45) is 1.75. The molecule has 170 valence electrons. The molecular formula is C25H23BrClN3O3. The van der Waals surface area contributed by atoms with Gasteiger partial charge in [-0.2, -0.15) is 0 Å². The van der Waals surface area contributed by atoms with Crippen LogP contribution in [0.1, 0.15) is 11.3 Å². The van der Waals surface area contributed by atoms with Gasteiger partial charge in [-0.1, -0.05) is 33.6 Å². The fourth-order valence-corrected chi connectivity index (χ4v) is 4.10. The Hall–Kier alpha value is -2.87. The highest BCUT2D eigenvalue weighted by Gasteiger charge is 2.11. The van der Waals surface area contributed by atoms with Gasteiger partial charge in [-0.25, -0.2) is 0 Å². The molecule has 8 heteroatoms. The minimum atomic E-state index is -0.0715. The molecule has 2 aromatic heterocycles. The molecule has 0 amide bonds. The monoisotopic (exact) mass is 527 g/mol. The maximum absolute atomic E-state index is 13.3. The fraction of sp³-hybridized carbons (Fsp3) is 0.200. The highest BCUT2D eigenvalue weighted by molar-refractivity contribution is 9.10. The molecule has 0 aliphatic heterocycles. The Morgan fingerprint density at radius 1 is 1.03 bits per heavy atom. The summed E-state index contributed by atoms with van der Waals surface area (Å²) in [6, 6.07) is 18.7. The van der Waals surface area contributed by atoms with Gasteiger partial charge in [0.25, 0.3) is 5.56 Å². The van der Waals surface area contributed by atoms with Crippen LogP contribution in [0.4, 0.5) is 0 Å². The molecule has 0 saturated carbocycles. The summed E-state index contributed by atoms with van der Waals surface area (Å²) in [5.41, 5.74) is 2.27. The first kappa shape index (κ1) is 23.3. The molecule has 0 spiro atoms. The van der Waals surface area contributed by atoms with Crippen LogP contribution in [0.25, 0.3) is 10.9 Å². The van der Waals surface area contributed by atoms with Crippen molar-refractivity contribution in [3.05, 3.63) is 98.0 Å². The highest BCUT2D eigenvalue weighted by Crippen LogP contribution is 2.20. The van der Waals surface area contributed by atoms with Gasteiger partial charge in [-0.15, -0.1) is 0 Å². The predicted octanol–water partition coefficient (Wildman–Crippen LogP) is 5.19. The van der Waals surface area contributed by atoms with E-state index in [9.17, 15) is 4.79 Å². The molecule has 0 aliphatic rings. The van der Waals surface area contributed by atoms with Crippen LogP contribution in [0.5, 0.6) is 11.5 Å². The number of pyridine rings is 2. The van der Waals surface area contributed by atoms with Crippen molar-refractivity contribution in [3.63, 3.8) is 0 Å². The first-order valence-corrected chi connectivity index (χ1v) is 11.6. The smallest absolute Gasteiger partial charge is 0.255 e. The van der Waals surface area contributed by atoms with Gasteiger partial charge in [-0.3, -0.25) is 9.78 Å². The van der Waals surface area contributed by atoms with Gasteiger partial charge in [-0.05, 0) is 60.0 Å². The molecule has 0 unspecified atom stereocenters. The Morgan fingerprint density at radius 3 is 2.58 bits per heavy atom. The Kier molecular flexibility index (Phi) is 7.65. The number of nitrogens with zero attached hydrogens (tertiary/aromatic N) is 2. The van der Waals surface area contributed by atoms with E-state index in [0.717, 1.165) is 26.8 Å². The third-order valence-electron chi connectivity index (χ3n) is 5.18. The predicted molar refractivity (Wildman–Crippen MR) is 134 cm³/mol. The minimum Gasteiger partial charge on any atom is -0.497 e. The van der Waals surface area contributed by atoms with Crippen LogP contribution in [-0.4, -0.2) is 23.3 Å². The lowest BCUT2D eigenvalue weighted by molar-refractivity contribution is 0.297. The van der Waals surface area contributed by atoms with Crippen LogP contribution in [0.2, 0.25) is 5.02 Å². The van der Waals surface area contributed by atoms with Crippen molar-refractivity contribution in [1.29, 1.82) is 0 Å². The molecule has 1 N–H and O–H groups in total. The number of ether oxygens (including phenoxy) is 2. The topological polar surface area (TPSA) is 65.4 Å². The molecule has 0 fully saturated rings. The largest absolute Gasteiger partial charge is 0.497 e. The summed E-state index contributed by atoms with van der Waals surface area (Å²) < 4.78 is 13.7. The maximum Gasteiger partial charge on any atom is 0.255 e. The number of rotatable bonds is 9. The summed E-state index contributed by atoms with van der Waals surface area (Å²) in [6.45, 7) is 1.71. The van der Waals surface area contributed by atoms with Crippen LogP contribution in [0.3, 0.4) is 0 Å². The van der Waals surface area contributed by atoms with Crippen molar-refractivity contribution < 1.29 is 9.47 Å². The van der Waals surface area contributed by atoms with Gasteiger partial charge in [0.05, 0.1) is 24.9 Å². The summed E-state index contributed by atoms with van der Waals surface area (Å²) in [5.74, 6) is 1.47. The van der Waals surface area contributed by atoms with Crippen LogP contribution in [0, 0.1) is 0 Å². The number of benzene rings is 2. The molecule has 4 aromatic rings. The summed E-state index contributed by atoms with van der Waals surface area (Å²) in [4.78, 5) is 17.6. The van der Waals surface area contributed by atoms with E-state index < -0.39 is 0 Å². The molecule has 0 bridgehead atoms. The second kappa shape index (κ2) is 10.8. The molecule has 0 atom stereocenters. The summed E-state index contributed by atoms with van der Waals surface area (Å²) in [5, 5.41) is 4.84. The SMILES string of the molecule is COc1ccc(OCCn2c(=O)c(CNCc3cc(Br)ccn3)cc3ccc(Cl)cc32)cc1. The molecule has 6 nitrogen and oxygen atoms in total. The Bertz CT molecular complexity index is 1310. The number of nitrogens with one attached hydrogen (secondary N) is 1. The highest BCUT2D eigenvalue weighted by atomic mass is 79.9. The zero-order valence-electron chi connectivity index (χ0n) is 18.1. The van der Waals surface area contributed by atoms with Gasteiger partial charge < -0.3 is 19.4 Å². The van der Waals surface area contributed by atoms with E-state index in [1.165, 1.54) is 0 Å². The van der Waals surface area contributed by atoms with E-state index >= 15 is 0 Å². The summed E-state index contributed by atoms with van der Waals surface area (Å²) in [7, 11) is 1.62. The summed E-state index contributed by atoms with van der Waals surface area (Å²) >= 11 is 9.67. The quantitative estimate of drug-likeness (QED) is 0.324. The van der Waals surface area contributed by atoms with Gasteiger partial charge in [0.1, 0.15) is 18.1 Å². The van der Waals surface area contributed by atoms with Crippen molar-refractivity contribution in [2.45, 2.75) is 19.6 Å². The van der Waals surface area contributed by atoms with Crippen molar-refractivity contribution in [2.75, 3.05) is 13.7 Å². The Morgan fingerprint density at radius 2 is 1.82 bits per heavy atom. The van der Waals surface area contributed by atoms with Crippen molar-refractivity contribution >= 4 is 38.4 Å². The number of halogens is 2. The van der Waals surface area contributed by atoms with Crippen molar-refractivity contribution in [2.24, 2.45) is 0 Å². The third-order valence-corrected chi connectivity index (χ3v) is 5.90. The lowest BCUT2D eigenvalue weighted by Gasteiger charge is -2.15. The van der Waals surface area contributed by atoms with E-state index in [-0.39, 0.29) is 5.56 Å². The molecule has 0 aliphatic carbocycles. The average Bonchev–Trinajstić information content (AvgIpc) is 2.82. The van der Waals surface area contributed by atoms with Crippen molar-refractivity contribution in [3.8, 4) is 11.5 Å². The van der Waals surface area contributed by atoms with Crippen LogP contribution >= 0.6 is 27.5 Å². The second-order valence-electron chi connectivity index (χ2n) is 7.42. The average molecular weight is 529 g/mol. The lowest BCUT2D eigenvalue weighted by atomic mass is 10.1. The Balaban J connectivity index is 1.52. The van der Waals surface area contributed by atoms with E-state index in [2.05, 4.69) is 26.2 Å².